The number of unbranched alkanes of at least 4 members (excludes halogenated alkanes) is 24. The van der Waals surface area contributed by atoms with Gasteiger partial charge in [0.1, 0.15) is 6.04 Å². The number of hydrogen-bond donors (Lipinski definition) is 2. The van der Waals surface area contributed by atoms with E-state index >= 15 is 0 Å². The molecule has 0 aromatic carbocycles. The van der Waals surface area contributed by atoms with Crippen LogP contribution in [0.1, 0.15) is 187 Å². The van der Waals surface area contributed by atoms with E-state index in [1.54, 1.807) is 0 Å². The van der Waals surface area contributed by atoms with E-state index in [0.717, 1.165) is 25.7 Å². The van der Waals surface area contributed by atoms with E-state index in [1.165, 1.54) is 141 Å². The summed E-state index contributed by atoms with van der Waals surface area (Å²) in [5.41, 5.74) is 0. The van der Waals surface area contributed by atoms with Gasteiger partial charge in [-0.1, -0.05) is 168 Å². The molecule has 1 atom stereocenters. The monoisotopic (exact) mass is 554 g/mol. The standard InChI is InChI=1S/C34H67NO4/c1-3-5-7-9-11-13-15-17-19-21-23-25-27-29-35-32(34(37)38)31-33(36)39-30-28-26-24-22-20-18-16-14-12-10-8-6-4-2/h32,35H,3-31H2,1-2H3,(H,37,38). The maximum atomic E-state index is 12.1. The Hall–Kier alpha value is -1.10. The largest absolute Gasteiger partial charge is 0.480 e. The van der Waals surface area contributed by atoms with Crippen molar-refractivity contribution in [2.75, 3.05) is 13.2 Å². The van der Waals surface area contributed by atoms with Crippen molar-refractivity contribution in [3.05, 3.63) is 0 Å². The van der Waals surface area contributed by atoms with E-state index in [4.69, 9.17) is 4.74 Å². The lowest BCUT2D eigenvalue weighted by Gasteiger charge is -2.14. The van der Waals surface area contributed by atoms with Gasteiger partial charge < -0.3 is 15.2 Å². The number of rotatable bonds is 32. The Morgan fingerprint density at radius 3 is 1.23 bits per heavy atom. The van der Waals surface area contributed by atoms with Gasteiger partial charge >= 0.3 is 11.9 Å². The molecule has 232 valence electrons. The lowest BCUT2D eigenvalue weighted by Crippen LogP contribution is -2.39. The van der Waals surface area contributed by atoms with E-state index in [2.05, 4.69) is 19.2 Å². The number of carboxylic acid groups (broad SMARTS) is 1. The molecule has 0 saturated heterocycles. The molecule has 39 heavy (non-hydrogen) atoms. The van der Waals surface area contributed by atoms with Crippen molar-refractivity contribution in [3.8, 4) is 0 Å². The second kappa shape index (κ2) is 31.4. The number of carbonyl (C=O) groups is 2. The van der Waals surface area contributed by atoms with Gasteiger partial charge in [-0.25, -0.2) is 0 Å². The molecule has 0 amide bonds. The van der Waals surface area contributed by atoms with E-state index in [9.17, 15) is 14.7 Å². The molecule has 0 aliphatic heterocycles. The number of nitrogens with one attached hydrogen (secondary N) is 1. The molecule has 5 nitrogen and oxygen atoms in total. The van der Waals surface area contributed by atoms with Crippen LogP contribution in [0.3, 0.4) is 0 Å². The first kappa shape index (κ1) is 37.9. The Balaban J connectivity index is 3.53. The first-order valence-electron chi connectivity index (χ1n) is 17.2. The third-order valence-electron chi connectivity index (χ3n) is 7.85. The molecule has 2 N–H and O–H groups in total. The van der Waals surface area contributed by atoms with Crippen molar-refractivity contribution in [3.63, 3.8) is 0 Å². The van der Waals surface area contributed by atoms with Crippen LogP contribution in [0.15, 0.2) is 0 Å². The third-order valence-corrected chi connectivity index (χ3v) is 7.85. The fourth-order valence-corrected chi connectivity index (χ4v) is 5.20. The molecule has 0 fully saturated rings. The van der Waals surface area contributed by atoms with Crippen molar-refractivity contribution >= 4 is 11.9 Å². The fourth-order valence-electron chi connectivity index (χ4n) is 5.20. The molecule has 0 aromatic heterocycles. The summed E-state index contributed by atoms with van der Waals surface area (Å²) in [7, 11) is 0. The van der Waals surface area contributed by atoms with Crippen LogP contribution < -0.4 is 5.32 Å². The maximum absolute atomic E-state index is 12.1. The van der Waals surface area contributed by atoms with Gasteiger partial charge in [0.15, 0.2) is 0 Å². The van der Waals surface area contributed by atoms with Crippen LogP contribution in [0.5, 0.6) is 0 Å². The summed E-state index contributed by atoms with van der Waals surface area (Å²) in [6.07, 6.45) is 33.4. The molecule has 5 heteroatoms. The number of hydrogen-bond acceptors (Lipinski definition) is 4. The molecule has 0 aliphatic carbocycles. The topological polar surface area (TPSA) is 75.6 Å². The summed E-state index contributed by atoms with van der Waals surface area (Å²) in [4.78, 5) is 23.6. The lowest BCUT2D eigenvalue weighted by molar-refractivity contribution is -0.149. The quantitative estimate of drug-likeness (QED) is 0.0640. The zero-order chi connectivity index (χ0) is 28.7. The molecular formula is C34H67NO4. The lowest BCUT2D eigenvalue weighted by atomic mass is 10.0. The molecule has 0 saturated carbocycles. The Morgan fingerprint density at radius 2 is 0.872 bits per heavy atom. The van der Waals surface area contributed by atoms with E-state index in [1.807, 2.05) is 0 Å². The van der Waals surface area contributed by atoms with Gasteiger partial charge in [0.25, 0.3) is 0 Å². The molecule has 0 bridgehead atoms. The fraction of sp³-hybridized carbons (Fsp3) is 0.941. The Labute approximate surface area is 243 Å². The highest BCUT2D eigenvalue weighted by Crippen LogP contribution is 2.14. The van der Waals surface area contributed by atoms with E-state index < -0.39 is 18.0 Å². The maximum Gasteiger partial charge on any atom is 0.321 e. The van der Waals surface area contributed by atoms with Gasteiger partial charge in [-0.2, -0.15) is 0 Å². The highest BCUT2D eigenvalue weighted by atomic mass is 16.5. The van der Waals surface area contributed by atoms with Crippen LogP contribution in [0, 0.1) is 0 Å². The van der Waals surface area contributed by atoms with Crippen LogP contribution in [0.2, 0.25) is 0 Å². The molecule has 0 spiro atoms. The van der Waals surface area contributed by atoms with Crippen molar-refractivity contribution in [2.24, 2.45) is 0 Å². The minimum absolute atomic E-state index is 0.0910. The second-order valence-electron chi connectivity index (χ2n) is 11.8. The summed E-state index contributed by atoms with van der Waals surface area (Å²) in [5.74, 6) is -1.37. The van der Waals surface area contributed by atoms with Gasteiger partial charge in [0, 0.05) is 0 Å². The molecule has 0 rings (SSSR count). The summed E-state index contributed by atoms with van der Waals surface area (Å²) in [6.45, 7) is 5.57. The highest BCUT2D eigenvalue weighted by molar-refractivity contribution is 5.81. The predicted molar refractivity (Wildman–Crippen MR) is 166 cm³/mol. The van der Waals surface area contributed by atoms with Crippen LogP contribution in [0.25, 0.3) is 0 Å². The number of aliphatic carboxylic acids is 1. The number of carboxylic acids is 1. The Morgan fingerprint density at radius 1 is 0.538 bits per heavy atom. The SMILES string of the molecule is CCCCCCCCCCCCCCCNC(CC(=O)OCCCCCCCCCCCCCCC)C(=O)O. The molecule has 0 radical (unpaired) electrons. The molecular weight excluding hydrogens is 486 g/mol. The minimum Gasteiger partial charge on any atom is -0.480 e. The first-order chi connectivity index (χ1) is 19.1. The van der Waals surface area contributed by atoms with Crippen LogP contribution in [-0.2, 0) is 14.3 Å². The number of ether oxygens (including phenoxy) is 1. The van der Waals surface area contributed by atoms with Gasteiger partial charge in [-0.3, -0.25) is 9.59 Å². The zero-order valence-corrected chi connectivity index (χ0v) is 26.3. The van der Waals surface area contributed by atoms with Gasteiger partial charge in [0.05, 0.1) is 13.0 Å². The average Bonchev–Trinajstić information content (AvgIpc) is 2.92. The summed E-state index contributed by atoms with van der Waals surface area (Å²) in [6, 6.07) is -0.846. The third kappa shape index (κ3) is 29.7. The highest BCUT2D eigenvalue weighted by Gasteiger charge is 2.21. The van der Waals surface area contributed by atoms with Crippen LogP contribution in [0.4, 0.5) is 0 Å². The second-order valence-corrected chi connectivity index (χ2v) is 11.8. The van der Waals surface area contributed by atoms with Gasteiger partial charge in [-0.05, 0) is 19.4 Å². The van der Waals surface area contributed by atoms with Crippen LogP contribution in [-0.4, -0.2) is 36.2 Å². The van der Waals surface area contributed by atoms with Crippen molar-refractivity contribution in [2.45, 2.75) is 193 Å². The first-order valence-corrected chi connectivity index (χ1v) is 17.2. The van der Waals surface area contributed by atoms with Gasteiger partial charge in [0.2, 0.25) is 0 Å². The number of esters is 1. The minimum atomic E-state index is -0.970. The summed E-state index contributed by atoms with van der Waals surface area (Å²) < 4.78 is 5.30. The summed E-state index contributed by atoms with van der Waals surface area (Å²) in [5, 5.41) is 12.5. The number of carbonyl (C=O) groups excluding carboxylic acids is 1. The Bertz CT molecular complexity index is 525. The van der Waals surface area contributed by atoms with E-state index in [0.29, 0.717) is 13.2 Å². The van der Waals surface area contributed by atoms with Crippen molar-refractivity contribution in [1.82, 2.24) is 5.32 Å². The predicted octanol–water partition coefficient (Wildman–Crippen LogP) is 10.1. The molecule has 0 aliphatic rings. The average molecular weight is 554 g/mol. The zero-order valence-electron chi connectivity index (χ0n) is 26.3. The van der Waals surface area contributed by atoms with E-state index in [-0.39, 0.29) is 6.42 Å². The normalized spacial score (nSPS) is 12.1. The Kier molecular flexibility index (Phi) is 30.5. The van der Waals surface area contributed by atoms with Gasteiger partial charge in [-0.15, -0.1) is 0 Å². The molecule has 0 heterocycles. The molecule has 1 unspecified atom stereocenters. The van der Waals surface area contributed by atoms with Crippen molar-refractivity contribution in [1.29, 1.82) is 0 Å². The smallest absolute Gasteiger partial charge is 0.321 e. The van der Waals surface area contributed by atoms with Crippen molar-refractivity contribution < 1.29 is 19.4 Å². The van der Waals surface area contributed by atoms with Crippen LogP contribution >= 0.6 is 0 Å². The molecule has 0 aromatic rings. The summed E-state index contributed by atoms with van der Waals surface area (Å²) >= 11 is 0.